The number of nitrogens with zero attached hydrogens (tertiary/aromatic N) is 1. The van der Waals surface area contributed by atoms with Gasteiger partial charge in [0, 0.05) is 17.7 Å². The van der Waals surface area contributed by atoms with Gasteiger partial charge in [-0.15, -0.1) is 0 Å². The van der Waals surface area contributed by atoms with Crippen LogP contribution >= 0.6 is 0 Å². The Morgan fingerprint density at radius 2 is 2.00 bits per heavy atom. The first kappa shape index (κ1) is 19.5. The van der Waals surface area contributed by atoms with E-state index in [-0.39, 0.29) is 11.4 Å². The first-order valence-corrected chi connectivity index (χ1v) is 8.62. The summed E-state index contributed by atoms with van der Waals surface area (Å²) in [6, 6.07) is 11.3. The molecule has 2 aromatic rings. The van der Waals surface area contributed by atoms with Gasteiger partial charge in [-0.3, -0.25) is 10.1 Å². The van der Waals surface area contributed by atoms with E-state index in [0.29, 0.717) is 24.5 Å². The summed E-state index contributed by atoms with van der Waals surface area (Å²) in [5.74, 6) is -0.234. The summed E-state index contributed by atoms with van der Waals surface area (Å²) in [4.78, 5) is 22.9. The van der Waals surface area contributed by atoms with Crippen LogP contribution in [0, 0.1) is 10.1 Å². The summed E-state index contributed by atoms with van der Waals surface area (Å²) in [6.07, 6.45) is 2.84. The third kappa shape index (κ3) is 4.93. The first-order chi connectivity index (χ1) is 13.6. The Labute approximate surface area is 161 Å². The number of hydrogen-bond acceptors (Lipinski definition) is 7. The molecule has 0 radical (unpaired) electrons. The highest BCUT2D eigenvalue weighted by molar-refractivity contribution is 5.89. The predicted octanol–water partition coefficient (Wildman–Crippen LogP) is 3.66. The zero-order valence-corrected chi connectivity index (χ0v) is 15.2. The number of benzene rings is 2. The summed E-state index contributed by atoms with van der Waals surface area (Å²) in [5, 5.41) is 11.4. The lowest BCUT2D eigenvalue weighted by Gasteiger charge is -2.23. The first-order valence-electron chi connectivity index (χ1n) is 8.62. The van der Waals surface area contributed by atoms with E-state index in [4.69, 9.17) is 18.9 Å². The highest BCUT2D eigenvalue weighted by Crippen LogP contribution is 2.33. The molecule has 0 aromatic heterocycles. The molecule has 1 aliphatic rings. The van der Waals surface area contributed by atoms with Crippen molar-refractivity contribution in [3.8, 4) is 11.5 Å². The monoisotopic (exact) mass is 385 g/mol. The van der Waals surface area contributed by atoms with Crippen LogP contribution in [0.5, 0.6) is 11.5 Å². The minimum absolute atomic E-state index is 0.148. The molecule has 1 saturated heterocycles. The van der Waals surface area contributed by atoms with E-state index in [1.807, 2.05) is 0 Å². The SMILES string of the molecule is COc1cccc(/C=C/C(=O)Oc2ccc(C3OCCCO3)cc2[N+](=O)[O-])c1. The fourth-order valence-electron chi connectivity index (χ4n) is 2.64. The second kappa shape index (κ2) is 9.12. The average molecular weight is 385 g/mol. The molecule has 1 fully saturated rings. The molecule has 0 N–H and O–H groups in total. The molecule has 1 aliphatic heterocycles. The van der Waals surface area contributed by atoms with Crippen molar-refractivity contribution in [1.82, 2.24) is 0 Å². The zero-order valence-electron chi connectivity index (χ0n) is 15.2. The zero-order chi connectivity index (χ0) is 19.9. The Morgan fingerprint density at radius 3 is 2.71 bits per heavy atom. The van der Waals surface area contributed by atoms with Crippen LogP contribution in [0.25, 0.3) is 6.08 Å². The van der Waals surface area contributed by atoms with E-state index in [1.165, 1.54) is 24.3 Å². The Bertz CT molecular complexity index is 888. The van der Waals surface area contributed by atoms with Crippen LogP contribution in [0.15, 0.2) is 48.5 Å². The molecule has 8 heteroatoms. The van der Waals surface area contributed by atoms with E-state index in [1.54, 1.807) is 37.4 Å². The van der Waals surface area contributed by atoms with Gasteiger partial charge in [-0.2, -0.15) is 0 Å². The maximum absolute atomic E-state index is 12.1. The topological polar surface area (TPSA) is 97.1 Å². The molecule has 0 aliphatic carbocycles. The molecular weight excluding hydrogens is 366 g/mol. The largest absolute Gasteiger partial charge is 0.497 e. The van der Waals surface area contributed by atoms with Crippen molar-refractivity contribution in [3.63, 3.8) is 0 Å². The van der Waals surface area contributed by atoms with Gasteiger partial charge in [-0.1, -0.05) is 12.1 Å². The number of carbonyl (C=O) groups is 1. The number of ether oxygens (including phenoxy) is 4. The van der Waals surface area contributed by atoms with Crippen molar-refractivity contribution in [2.75, 3.05) is 20.3 Å². The van der Waals surface area contributed by atoms with Gasteiger partial charge in [-0.05, 0) is 42.3 Å². The van der Waals surface area contributed by atoms with Crippen molar-refractivity contribution in [1.29, 1.82) is 0 Å². The van der Waals surface area contributed by atoms with Gasteiger partial charge < -0.3 is 18.9 Å². The molecular formula is C20H19NO7. The van der Waals surface area contributed by atoms with Crippen LogP contribution in [-0.4, -0.2) is 31.2 Å². The number of hydrogen-bond donors (Lipinski definition) is 0. The minimum atomic E-state index is -0.733. The normalized spacial score (nSPS) is 14.8. The van der Waals surface area contributed by atoms with Crippen LogP contribution < -0.4 is 9.47 Å². The van der Waals surface area contributed by atoms with Gasteiger partial charge in [0.1, 0.15) is 5.75 Å². The van der Waals surface area contributed by atoms with Gasteiger partial charge in [0.2, 0.25) is 5.75 Å². The number of nitro groups is 1. The second-order valence-corrected chi connectivity index (χ2v) is 5.94. The van der Waals surface area contributed by atoms with Gasteiger partial charge in [0.15, 0.2) is 6.29 Å². The molecule has 0 saturated carbocycles. The highest BCUT2D eigenvalue weighted by atomic mass is 16.7. The van der Waals surface area contributed by atoms with Crippen LogP contribution in [0.2, 0.25) is 0 Å². The van der Waals surface area contributed by atoms with Gasteiger partial charge >= 0.3 is 11.7 Å². The molecule has 2 aromatic carbocycles. The third-order valence-corrected chi connectivity index (χ3v) is 4.00. The molecule has 0 unspecified atom stereocenters. The van der Waals surface area contributed by atoms with Crippen molar-refractivity contribution in [2.45, 2.75) is 12.7 Å². The minimum Gasteiger partial charge on any atom is -0.497 e. The molecule has 0 amide bonds. The van der Waals surface area contributed by atoms with E-state index in [0.717, 1.165) is 12.0 Å². The van der Waals surface area contributed by atoms with Crippen molar-refractivity contribution in [3.05, 3.63) is 69.8 Å². The molecule has 8 nitrogen and oxygen atoms in total. The lowest BCUT2D eigenvalue weighted by molar-refractivity contribution is -0.385. The standard InChI is InChI=1S/C20H19NO7/c1-25-16-5-2-4-14(12-16)6-9-19(22)28-18-8-7-15(13-17(18)21(23)24)20-26-10-3-11-27-20/h2,4-9,12-13,20H,3,10-11H2,1H3/b9-6+. The van der Waals surface area contributed by atoms with E-state index in [9.17, 15) is 14.9 Å². The molecule has 28 heavy (non-hydrogen) atoms. The number of carbonyl (C=O) groups excluding carboxylic acids is 1. The van der Waals surface area contributed by atoms with E-state index >= 15 is 0 Å². The Balaban J connectivity index is 1.74. The maximum Gasteiger partial charge on any atom is 0.336 e. The molecule has 0 atom stereocenters. The number of esters is 1. The fourth-order valence-corrected chi connectivity index (χ4v) is 2.64. The van der Waals surface area contributed by atoms with Gasteiger partial charge in [0.25, 0.3) is 0 Å². The number of rotatable bonds is 6. The van der Waals surface area contributed by atoms with Crippen molar-refractivity contribution >= 4 is 17.7 Å². The van der Waals surface area contributed by atoms with Crippen molar-refractivity contribution < 1.29 is 28.7 Å². The van der Waals surface area contributed by atoms with Gasteiger partial charge in [0.05, 0.1) is 25.2 Å². The Hall–Kier alpha value is -3.23. The molecule has 146 valence electrons. The van der Waals surface area contributed by atoms with E-state index in [2.05, 4.69) is 0 Å². The maximum atomic E-state index is 12.1. The number of nitro benzene ring substituents is 1. The number of methoxy groups -OCH3 is 1. The summed E-state index contributed by atoms with van der Waals surface area (Å²) in [7, 11) is 1.54. The van der Waals surface area contributed by atoms with E-state index < -0.39 is 17.2 Å². The molecule has 0 spiro atoms. The Morgan fingerprint density at radius 1 is 1.21 bits per heavy atom. The summed E-state index contributed by atoms with van der Waals surface area (Å²) >= 11 is 0. The summed E-state index contributed by atoms with van der Waals surface area (Å²) in [6.45, 7) is 1.04. The Kier molecular flexibility index (Phi) is 6.36. The lowest BCUT2D eigenvalue weighted by Crippen LogP contribution is -2.18. The highest BCUT2D eigenvalue weighted by Gasteiger charge is 2.23. The second-order valence-electron chi connectivity index (χ2n) is 5.94. The van der Waals surface area contributed by atoms with Crippen LogP contribution in [-0.2, 0) is 14.3 Å². The van der Waals surface area contributed by atoms with Crippen molar-refractivity contribution in [2.24, 2.45) is 0 Å². The van der Waals surface area contributed by atoms with Crippen LogP contribution in [0.4, 0.5) is 5.69 Å². The quantitative estimate of drug-likeness (QED) is 0.246. The van der Waals surface area contributed by atoms with Crippen LogP contribution in [0.3, 0.4) is 0 Å². The molecule has 1 heterocycles. The fraction of sp³-hybridized carbons (Fsp3) is 0.250. The van der Waals surface area contributed by atoms with Crippen LogP contribution in [0.1, 0.15) is 23.8 Å². The molecule has 3 rings (SSSR count). The smallest absolute Gasteiger partial charge is 0.336 e. The summed E-state index contributed by atoms with van der Waals surface area (Å²) in [5.41, 5.74) is 0.893. The summed E-state index contributed by atoms with van der Waals surface area (Å²) < 4.78 is 21.2. The van der Waals surface area contributed by atoms with Gasteiger partial charge in [-0.25, -0.2) is 4.79 Å². The molecule has 0 bridgehead atoms. The lowest BCUT2D eigenvalue weighted by atomic mass is 10.1. The predicted molar refractivity (Wildman–Crippen MR) is 100 cm³/mol. The average Bonchev–Trinajstić information content (AvgIpc) is 2.73. The third-order valence-electron chi connectivity index (χ3n) is 4.00.